The molecule has 1 atom stereocenters. The molecule has 0 bridgehead atoms. The van der Waals surface area contributed by atoms with Crippen molar-refractivity contribution >= 4 is 5.91 Å². The van der Waals surface area contributed by atoms with Crippen molar-refractivity contribution in [2.75, 3.05) is 7.11 Å². The van der Waals surface area contributed by atoms with Gasteiger partial charge in [0.15, 0.2) is 11.6 Å². The summed E-state index contributed by atoms with van der Waals surface area (Å²) in [5.41, 5.74) is -3.01. The van der Waals surface area contributed by atoms with Crippen molar-refractivity contribution in [2.45, 2.75) is 24.5 Å². The van der Waals surface area contributed by atoms with Gasteiger partial charge < -0.3 is 14.8 Å². The molecule has 0 radical (unpaired) electrons. The van der Waals surface area contributed by atoms with Gasteiger partial charge in [-0.05, 0) is 35.9 Å². The number of halogens is 8. The molecule has 0 aliphatic carbocycles. The molecule has 1 unspecified atom stereocenters. The highest BCUT2D eigenvalue weighted by Crippen LogP contribution is 2.42. The second-order valence-electron chi connectivity index (χ2n) is 9.07. The molecule has 0 saturated heterocycles. The van der Waals surface area contributed by atoms with E-state index in [1.807, 2.05) is 0 Å². The van der Waals surface area contributed by atoms with Crippen LogP contribution in [0.2, 0.25) is 0 Å². The Morgan fingerprint density at radius 3 is 2.14 bits per heavy atom. The van der Waals surface area contributed by atoms with Crippen molar-refractivity contribution < 1.29 is 49.4 Å². The van der Waals surface area contributed by atoms with E-state index in [0.29, 0.717) is 17.7 Å². The third-order valence-corrected chi connectivity index (χ3v) is 6.35. The number of benzene rings is 4. The van der Waals surface area contributed by atoms with E-state index < -0.39 is 69.9 Å². The normalized spacial score (nSPS) is 13.0. The highest BCUT2D eigenvalue weighted by atomic mass is 19.3. The summed E-state index contributed by atoms with van der Waals surface area (Å²) in [6, 6.07) is 15.7. The number of para-hydroxylation sites is 1. The van der Waals surface area contributed by atoms with Crippen LogP contribution in [-0.4, -0.2) is 25.6 Å². The quantitative estimate of drug-likeness (QED) is 0.194. The SMILES string of the molecule is COc1c(F)cccc1C(Cc1ccccc1)(NC(=O)c1ccc(F)cc1F)c1ccc(OC(F)(F)C(F)F)cc1F. The van der Waals surface area contributed by atoms with Crippen molar-refractivity contribution in [2.24, 2.45) is 0 Å². The lowest BCUT2D eigenvalue weighted by Gasteiger charge is -2.37. The van der Waals surface area contributed by atoms with E-state index in [9.17, 15) is 31.1 Å². The summed E-state index contributed by atoms with van der Waals surface area (Å²) in [4.78, 5) is 13.5. The fraction of sp³-hybridized carbons (Fsp3) is 0.167. The lowest BCUT2D eigenvalue weighted by molar-refractivity contribution is -0.253. The van der Waals surface area contributed by atoms with E-state index in [0.717, 1.165) is 37.4 Å². The van der Waals surface area contributed by atoms with Crippen LogP contribution in [0, 0.1) is 23.3 Å². The molecule has 0 saturated carbocycles. The third kappa shape index (κ3) is 6.17. The maximum atomic E-state index is 15.9. The zero-order chi connectivity index (χ0) is 30.7. The number of alkyl halides is 4. The molecule has 0 spiro atoms. The second kappa shape index (κ2) is 12.1. The summed E-state index contributed by atoms with van der Waals surface area (Å²) in [6.45, 7) is 0. The predicted molar refractivity (Wildman–Crippen MR) is 136 cm³/mol. The van der Waals surface area contributed by atoms with Gasteiger partial charge in [0.1, 0.15) is 28.7 Å². The van der Waals surface area contributed by atoms with Crippen LogP contribution in [-0.2, 0) is 12.0 Å². The Morgan fingerprint density at radius 1 is 0.810 bits per heavy atom. The minimum atomic E-state index is -4.95. The van der Waals surface area contributed by atoms with Crippen LogP contribution in [0.1, 0.15) is 27.0 Å². The largest absolute Gasteiger partial charge is 0.493 e. The molecule has 12 heteroatoms. The van der Waals surface area contributed by atoms with E-state index in [2.05, 4.69) is 10.1 Å². The number of rotatable bonds is 10. The lowest BCUT2D eigenvalue weighted by Crippen LogP contribution is -2.49. The fourth-order valence-corrected chi connectivity index (χ4v) is 4.51. The van der Waals surface area contributed by atoms with Crippen LogP contribution < -0.4 is 14.8 Å². The molecule has 42 heavy (non-hydrogen) atoms. The molecule has 0 fully saturated rings. The molecule has 4 aromatic carbocycles. The van der Waals surface area contributed by atoms with Crippen LogP contribution in [0.3, 0.4) is 0 Å². The van der Waals surface area contributed by atoms with E-state index >= 15 is 8.78 Å². The Kier molecular flexibility index (Phi) is 8.74. The molecular formula is C30H21F8NO3. The second-order valence-corrected chi connectivity index (χ2v) is 9.07. The predicted octanol–water partition coefficient (Wildman–Crippen LogP) is 7.40. The maximum absolute atomic E-state index is 15.9. The molecule has 0 heterocycles. The van der Waals surface area contributed by atoms with Gasteiger partial charge in [0.05, 0.1) is 12.7 Å². The van der Waals surface area contributed by atoms with Gasteiger partial charge in [-0.3, -0.25) is 4.79 Å². The molecule has 4 aromatic rings. The molecule has 0 aliphatic rings. The van der Waals surface area contributed by atoms with Crippen molar-refractivity contribution in [3.63, 3.8) is 0 Å². The maximum Gasteiger partial charge on any atom is 0.461 e. The molecule has 4 rings (SSSR count). The molecule has 220 valence electrons. The summed E-state index contributed by atoms with van der Waals surface area (Å²) in [5, 5.41) is 2.52. The topological polar surface area (TPSA) is 47.6 Å². The summed E-state index contributed by atoms with van der Waals surface area (Å²) in [6.07, 6.45) is -9.51. The number of methoxy groups -OCH3 is 1. The number of amides is 1. The first kappa shape index (κ1) is 30.4. The molecule has 0 aliphatic heterocycles. The summed E-state index contributed by atoms with van der Waals surface area (Å²) < 4.78 is 121. The van der Waals surface area contributed by atoms with Gasteiger partial charge in [0.2, 0.25) is 0 Å². The monoisotopic (exact) mass is 595 g/mol. The summed E-state index contributed by atoms with van der Waals surface area (Å²) in [7, 11) is 1.11. The van der Waals surface area contributed by atoms with Gasteiger partial charge in [-0.15, -0.1) is 0 Å². The van der Waals surface area contributed by atoms with Crippen molar-refractivity contribution in [1.29, 1.82) is 0 Å². The average Bonchev–Trinajstić information content (AvgIpc) is 2.92. The first-order valence-electron chi connectivity index (χ1n) is 12.2. The Balaban J connectivity index is 1.99. The Labute approximate surface area is 234 Å². The number of nitrogens with one attached hydrogen (secondary N) is 1. The average molecular weight is 595 g/mol. The van der Waals surface area contributed by atoms with E-state index in [-0.39, 0.29) is 12.0 Å². The molecule has 4 nitrogen and oxygen atoms in total. The van der Waals surface area contributed by atoms with Crippen molar-refractivity contribution in [3.05, 3.63) is 130 Å². The minimum absolute atomic E-state index is 0.171. The van der Waals surface area contributed by atoms with Gasteiger partial charge in [-0.25, -0.2) is 17.6 Å². The smallest absolute Gasteiger partial charge is 0.461 e. The number of hydrogen-bond acceptors (Lipinski definition) is 3. The third-order valence-electron chi connectivity index (χ3n) is 6.35. The highest BCUT2D eigenvalue weighted by Gasteiger charge is 2.45. The zero-order valence-electron chi connectivity index (χ0n) is 21.6. The summed E-state index contributed by atoms with van der Waals surface area (Å²) >= 11 is 0. The van der Waals surface area contributed by atoms with Crippen molar-refractivity contribution in [1.82, 2.24) is 5.32 Å². The first-order valence-corrected chi connectivity index (χ1v) is 12.2. The van der Waals surface area contributed by atoms with Gasteiger partial charge in [0.25, 0.3) is 5.91 Å². The molecule has 0 aromatic heterocycles. The Bertz CT molecular complexity index is 1580. The zero-order valence-corrected chi connectivity index (χ0v) is 21.6. The Morgan fingerprint density at radius 2 is 1.52 bits per heavy atom. The number of hydrogen-bond donors (Lipinski definition) is 1. The van der Waals surface area contributed by atoms with Gasteiger partial charge in [-0.2, -0.15) is 17.6 Å². The van der Waals surface area contributed by atoms with Crippen LogP contribution in [0.25, 0.3) is 0 Å². The number of carbonyl (C=O) groups is 1. The van der Waals surface area contributed by atoms with Gasteiger partial charge in [-0.1, -0.05) is 42.5 Å². The van der Waals surface area contributed by atoms with E-state index in [4.69, 9.17) is 4.74 Å². The van der Waals surface area contributed by atoms with Crippen LogP contribution in [0.4, 0.5) is 35.1 Å². The first-order chi connectivity index (χ1) is 19.9. The van der Waals surface area contributed by atoms with Gasteiger partial charge >= 0.3 is 12.5 Å². The van der Waals surface area contributed by atoms with Crippen LogP contribution >= 0.6 is 0 Å². The van der Waals surface area contributed by atoms with Crippen LogP contribution in [0.5, 0.6) is 11.5 Å². The van der Waals surface area contributed by atoms with Crippen LogP contribution in [0.15, 0.2) is 84.9 Å². The van der Waals surface area contributed by atoms with Crippen molar-refractivity contribution in [3.8, 4) is 11.5 Å². The number of carbonyl (C=O) groups excluding carboxylic acids is 1. The molecule has 1 N–H and O–H groups in total. The summed E-state index contributed by atoms with van der Waals surface area (Å²) in [5.74, 6) is -7.10. The molecule has 1 amide bonds. The van der Waals surface area contributed by atoms with E-state index in [1.54, 1.807) is 30.3 Å². The Hall–Kier alpha value is -4.61. The minimum Gasteiger partial charge on any atom is -0.493 e. The fourth-order valence-electron chi connectivity index (χ4n) is 4.51. The van der Waals surface area contributed by atoms with E-state index in [1.165, 1.54) is 12.1 Å². The lowest BCUT2D eigenvalue weighted by atomic mass is 9.76. The standard InChI is InChI=1S/C30H21F8NO3/c1-41-26-22(8-5-9-23(26)32)29(16-17-6-3-2-4-7-17,39-27(40)20-12-10-18(31)14-24(20)33)21-13-11-19(15-25(21)34)42-30(37,38)28(35)36/h2-15,28H,16H2,1H3,(H,39,40). The number of ether oxygens (including phenoxy) is 2. The molecular weight excluding hydrogens is 574 g/mol. The highest BCUT2D eigenvalue weighted by molar-refractivity contribution is 5.95. The van der Waals surface area contributed by atoms with Gasteiger partial charge in [0, 0.05) is 29.7 Å².